The summed E-state index contributed by atoms with van der Waals surface area (Å²) in [6, 6.07) is 0.504. The standard InChI is InChI=1S/C9H18N2O2/c1-10-9(12)4-6-13-7-8-3-2-5-11-8/h8,11H,2-7H2,1H3,(H,10,12). The van der Waals surface area contributed by atoms with E-state index < -0.39 is 0 Å². The van der Waals surface area contributed by atoms with Gasteiger partial charge in [0.15, 0.2) is 0 Å². The maximum absolute atomic E-state index is 10.8. The van der Waals surface area contributed by atoms with Crippen LogP contribution in [0.25, 0.3) is 0 Å². The van der Waals surface area contributed by atoms with Gasteiger partial charge in [-0.1, -0.05) is 0 Å². The zero-order chi connectivity index (χ0) is 9.52. The summed E-state index contributed by atoms with van der Waals surface area (Å²) in [5.41, 5.74) is 0. The van der Waals surface area contributed by atoms with Gasteiger partial charge >= 0.3 is 0 Å². The average Bonchev–Trinajstić information content (AvgIpc) is 2.64. The first-order valence-corrected chi connectivity index (χ1v) is 4.84. The van der Waals surface area contributed by atoms with Gasteiger partial charge < -0.3 is 15.4 Å². The molecule has 1 atom stereocenters. The predicted octanol–water partition coefficient (Wildman–Crippen LogP) is -0.109. The van der Waals surface area contributed by atoms with Crippen molar-refractivity contribution in [2.45, 2.75) is 25.3 Å². The first kappa shape index (κ1) is 10.5. The van der Waals surface area contributed by atoms with Crippen LogP contribution in [0.5, 0.6) is 0 Å². The van der Waals surface area contributed by atoms with E-state index in [0.29, 0.717) is 19.1 Å². The zero-order valence-corrected chi connectivity index (χ0v) is 8.14. The minimum atomic E-state index is 0.0411. The molecule has 0 bridgehead atoms. The Morgan fingerprint density at radius 1 is 1.69 bits per heavy atom. The Morgan fingerprint density at radius 3 is 3.15 bits per heavy atom. The number of rotatable bonds is 5. The van der Waals surface area contributed by atoms with Gasteiger partial charge in [-0.3, -0.25) is 4.79 Å². The van der Waals surface area contributed by atoms with Crippen molar-refractivity contribution in [1.82, 2.24) is 10.6 Å². The molecule has 4 heteroatoms. The molecule has 1 rings (SSSR count). The van der Waals surface area contributed by atoms with E-state index in [1.54, 1.807) is 7.05 Å². The lowest BCUT2D eigenvalue weighted by atomic mass is 10.2. The molecule has 0 saturated carbocycles. The van der Waals surface area contributed by atoms with Gasteiger partial charge in [0, 0.05) is 19.5 Å². The van der Waals surface area contributed by atoms with E-state index >= 15 is 0 Å². The second-order valence-electron chi connectivity index (χ2n) is 3.29. The molecule has 1 unspecified atom stereocenters. The first-order valence-electron chi connectivity index (χ1n) is 4.84. The van der Waals surface area contributed by atoms with Crippen LogP contribution < -0.4 is 10.6 Å². The second kappa shape index (κ2) is 5.94. The van der Waals surface area contributed by atoms with Crippen molar-refractivity contribution in [3.8, 4) is 0 Å². The van der Waals surface area contributed by atoms with E-state index in [0.717, 1.165) is 13.2 Å². The summed E-state index contributed by atoms with van der Waals surface area (Å²) in [6.45, 7) is 2.36. The number of hydrogen-bond acceptors (Lipinski definition) is 3. The molecule has 13 heavy (non-hydrogen) atoms. The van der Waals surface area contributed by atoms with Crippen molar-refractivity contribution in [1.29, 1.82) is 0 Å². The maximum atomic E-state index is 10.8. The Morgan fingerprint density at radius 2 is 2.54 bits per heavy atom. The molecule has 0 aromatic carbocycles. The minimum absolute atomic E-state index is 0.0411. The number of ether oxygens (including phenoxy) is 1. The van der Waals surface area contributed by atoms with Gasteiger partial charge in [-0.05, 0) is 19.4 Å². The third-order valence-corrected chi connectivity index (χ3v) is 2.23. The Bertz CT molecular complexity index is 156. The quantitative estimate of drug-likeness (QED) is 0.589. The summed E-state index contributed by atoms with van der Waals surface area (Å²) < 4.78 is 5.37. The molecule has 76 valence electrons. The highest BCUT2D eigenvalue weighted by atomic mass is 16.5. The second-order valence-corrected chi connectivity index (χ2v) is 3.29. The molecular weight excluding hydrogens is 168 g/mol. The molecule has 0 aromatic heterocycles. The largest absolute Gasteiger partial charge is 0.379 e. The molecule has 1 saturated heterocycles. The highest BCUT2D eigenvalue weighted by molar-refractivity contribution is 5.75. The van der Waals surface area contributed by atoms with E-state index in [9.17, 15) is 4.79 Å². The van der Waals surface area contributed by atoms with Crippen LogP contribution in [0.1, 0.15) is 19.3 Å². The van der Waals surface area contributed by atoms with E-state index in [2.05, 4.69) is 10.6 Å². The summed E-state index contributed by atoms with van der Waals surface area (Å²) >= 11 is 0. The van der Waals surface area contributed by atoms with Crippen LogP contribution in [-0.4, -0.2) is 38.8 Å². The van der Waals surface area contributed by atoms with Crippen LogP contribution in [0.2, 0.25) is 0 Å². The van der Waals surface area contributed by atoms with Crippen LogP contribution in [0.3, 0.4) is 0 Å². The summed E-state index contributed by atoms with van der Waals surface area (Å²) in [6.07, 6.45) is 2.90. The summed E-state index contributed by atoms with van der Waals surface area (Å²) in [4.78, 5) is 10.8. The zero-order valence-electron chi connectivity index (χ0n) is 8.14. The number of nitrogens with one attached hydrogen (secondary N) is 2. The first-order chi connectivity index (χ1) is 6.33. The molecule has 1 heterocycles. The molecule has 0 spiro atoms. The minimum Gasteiger partial charge on any atom is -0.379 e. The molecule has 1 amide bonds. The van der Waals surface area contributed by atoms with Crippen molar-refractivity contribution >= 4 is 5.91 Å². The fourth-order valence-corrected chi connectivity index (χ4v) is 1.41. The fraction of sp³-hybridized carbons (Fsp3) is 0.889. The van der Waals surface area contributed by atoms with Gasteiger partial charge in [-0.2, -0.15) is 0 Å². The van der Waals surface area contributed by atoms with E-state index in [-0.39, 0.29) is 5.91 Å². The predicted molar refractivity (Wildman–Crippen MR) is 50.5 cm³/mol. The Labute approximate surface area is 79.0 Å². The van der Waals surface area contributed by atoms with Crippen LogP contribution in [0.15, 0.2) is 0 Å². The van der Waals surface area contributed by atoms with Crippen LogP contribution in [0.4, 0.5) is 0 Å². The maximum Gasteiger partial charge on any atom is 0.222 e. The topological polar surface area (TPSA) is 50.4 Å². The molecule has 2 N–H and O–H groups in total. The third kappa shape index (κ3) is 4.24. The molecule has 0 radical (unpaired) electrons. The molecule has 1 aliphatic heterocycles. The monoisotopic (exact) mass is 186 g/mol. The SMILES string of the molecule is CNC(=O)CCOCC1CCCN1. The normalized spacial score (nSPS) is 21.8. The van der Waals surface area contributed by atoms with E-state index in [4.69, 9.17) is 4.74 Å². The smallest absolute Gasteiger partial charge is 0.222 e. The van der Waals surface area contributed by atoms with Crippen LogP contribution in [-0.2, 0) is 9.53 Å². The fourth-order valence-electron chi connectivity index (χ4n) is 1.41. The van der Waals surface area contributed by atoms with Crippen molar-refractivity contribution in [3.05, 3.63) is 0 Å². The summed E-state index contributed by atoms with van der Waals surface area (Å²) in [7, 11) is 1.64. The van der Waals surface area contributed by atoms with Crippen molar-refractivity contribution in [2.75, 3.05) is 26.8 Å². The number of hydrogen-bond donors (Lipinski definition) is 2. The highest BCUT2D eigenvalue weighted by Crippen LogP contribution is 2.04. The number of carbonyl (C=O) groups is 1. The molecule has 4 nitrogen and oxygen atoms in total. The molecular formula is C9H18N2O2. The summed E-state index contributed by atoms with van der Waals surface area (Å²) in [5, 5.41) is 5.89. The highest BCUT2D eigenvalue weighted by Gasteiger charge is 2.13. The lowest BCUT2D eigenvalue weighted by molar-refractivity contribution is -0.121. The van der Waals surface area contributed by atoms with E-state index in [1.165, 1.54) is 12.8 Å². The van der Waals surface area contributed by atoms with Crippen LogP contribution in [0, 0.1) is 0 Å². The van der Waals surface area contributed by atoms with Crippen molar-refractivity contribution in [3.63, 3.8) is 0 Å². The third-order valence-electron chi connectivity index (χ3n) is 2.23. The van der Waals surface area contributed by atoms with Gasteiger partial charge in [-0.25, -0.2) is 0 Å². The lowest BCUT2D eigenvalue weighted by Crippen LogP contribution is -2.27. The number of carbonyl (C=O) groups excluding carboxylic acids is 1. The summed E-state index contributed by atoms with van der Waals surface area (Å²) in [5.74, 6) is 0.0411. The van der Waals surface area contributed by atoms with Gasteiger partial charge in [0.25, 0.3) is 0 Å². The van der Waals surface area contributed by atoms with Crippen LogP contribution >= 0.6 is 0 Å². The Hall–Kier alpha value is -0.610. The van der Waals surface area contributed by atoms with Gasteiger partial charge in [-0.15, -0.1) is 0 Å². The van der Waals surface area contributed by atoms with Gasteiger partial charge in [0.2, 0.25) is 5.91 Å². The molecule has 0 aliphatic carbocycles. The molecule has 0 aromatic rings. The number of amides is 1. The molecule has 1 fully saturated rings. The lowest BCUT2D eigenvalue weighted by Gasteiger charge is -2.09. The molecule has 1 aliphatic rings. The van der Waals surface area contributed by atoms with E-state index in [1.807, 2.05) is 0 Å². The Kier molecular flexibility index (Phi) is 4.78. The van der Waals surface area contributed by atoms with Crippen molar-refractivity contribution < 1.29 is 9.53 Å². The van der Waals surface area contributed by atoms with Crippen molar-refractivity contribution in [2.24, 2.45) is 0 Å². The average molecular weight is 186 g/mol. The van der Waals surface area contributed by atoms with Gasteiger partial charge in [0.05, 0.1) is 13.2 Å². The Balaban J connectivity index is 1.91. The van der Waals surface area contributed by atoms with Gasteiger partial charge in [0.1, 0.15) is 0 Å².